The topological polar surface area (TPSA) is 94.2 Å². The van der Waals surface area contributed by atoms with Crippen LogP contribution in [0.15, 0.2) is 24.4 Å². The molecule has 2 aromatic rings. The SMILES string of the molecule is Cc1nn(CCC(=O)N2CCC[C@H]2c2ccccn2)c(C)c1[N+](=O)[O-]. The lowest BCUT2D eigenvalue weighted by Gasteiger charge is -2.24. The van der Waals surface area contributed by atoms with Gasteiger partial charge in [-0.15, -0.1) is 0 Å². The number of hydrogen-bond acceptors (Lipinski definition) is 5. The van der Waals surface area contributed by atoms with Gasteiger partial charge in [0, 0.05) is 19.2 Å². The second-order valence-corrected chi connectivity index (χ2v) is 6.25. The van der Waals surface area contributed by atoms with Crippen LogP contribution in [0.4, 0.5) is 5.69 Å². The highest BCUT2D eigenvalue weighted by atomic mass is 16.6. The number of hydrogen-bond donors (Lipinski definition) is 0. The van der Waals surface area contributed by atoms with E-state index < -0.39 is 4.92 Å². The van der Waals surface area contributed by atoms with E-state index in [1.165, 1.54) is 0 Å². The molecule has 0 unspecified atom stereocenters. The van der Waals surface area contributed by atoms with Gasteiger partial charge in [0.15, 0.2) is 0 Å². The smallest absolute Gasteiger partial charge is 0.312 e. The van der Waals surface area contributed by atoms with E-state index in [0.29, 0.717) is 17.9 Å². The molecule has 1 fully saturated rings. The lowest BCUT2D eigenvalue weighted by molar-refractivity contribution is -0.386. The normalized spacial score (nSPS) is 17.0. The van der Waals surface area contributed by atoms with E-state index in [-0.39, 0.29) is 24.1 Å². The molecule has 0 spiro atoms. The van der Waals surface area contributed by atoms with Crippen LogP contribution in [0.3, 0.4) is 0 Å². The minimum Gasteiger partial charge on any atom is -0.334 e. The van der Waals surface area contributed by atoms with Gasteiger partial charge in [0.2, 0.25) is 5.91 Å². The first-order chi connectivity index (χ1) is 12.0. The number of likely N-dealkylation sites (tertiary alicyclic amines) is 1. The summed E-state index contributed by atoms with van der Waals surface area (Å²) in [5.41, 5.74) is 1.80. The quantitative estimate of drug-likeness (QED) is 0.614. The third-order valence-electron chi connectivity index (χ3n) is 4.67. The Morgan fingerprint density at radius 1 is 1.40 bits per heavy atom. The van der Waals surface area contributed by atoms with Gasteiger partial charge in [0.1, 0.15) is 11.4 Å². The van der Waals surface area contributed by atoms with Gasteiger partial charge < -0.3 is 4.90 Å². The van der Waals surface area contributed by atoms with E-state index >= 15 is 0 Å². The zero-order valence-electron chi connectivity index (χ0n) is 14.4. The van der Waals surface area contributed by atoms with Crippen molar-refractivity contribution in [1.29, 1.82) is 0 Å². The van der Waals surface area contributed by atoms with Crippen LogP contribution in [0, 0.1) is 24.0 Å². The number of pyridine rings is 1. The molecule has 0 aliphatic carbocycles. The van der Waals surface area contributed by atoms with Gasteiger partial charge in [-0.25, -0.2) is 0 Å². The third kappa shape index (κ3) is 3.38. The number of nitrogens with zero attached hydrogens (tertiary/aromatic N) is 5. The first kappa shape index (κ1) is 17.1. The lowest BCUT2D eigenvalue weighted by Crippen LogP contribution is -2.31. The highest BCUT2D eigenvalue weighted by Crippen LogP contribution is 2.31. The van der Waals surface area contributed by atoms with Gasteiger partial charge in [0.25, 0.3) is 0 Å². The van der Waals surface area contributed by atoms with Crippen LogP contribution in [0.2, 0.25) is 0 Å². The van der Waals surface area contributed by atoms with E-state index in [1.807, 2.05) is 23.1 Å². The number of aryl methyl sites for hydroxylation is 2. The molecule has 1 amide bonds. The van der Waals surface area contributed by atoms with Crippen LogP contribution in [0.5, 0.6) is 0 Å². The molecular formula is C17H21N5O3. The Morgan fingerprint density at radius 3 is 2.84 bits per heavy atom. The minimum atomic E-state index is -0.423. The predicted octanol–water partition coefficient (Wildman–Crippen LogP) is 2.56. The van der Waals surface area contributed by atoms with Gasteiger partial charge in [-0.2, -0.15) is 5.10 Å². The van der Waals surface area contributed by atoms with Crippen molar-refractivity contribution in [1.82, 2.24) is 19.7 Å². The maximum atomic E-state index is 12.7. The molecule has 0 bridgehead atoms. The molecule has 3 rings (SSSR count). The molecule has 3 heterocycles. The fourth-order valence-corrected chi connectivity index (χ4v) is 3.46. The Balaban J connectivity index is 1.69. The Morgan fingerprint density at radius 2 is 2.20 bits per heavy atom. The number of carbonyl (C=O) groups excluding carboxylic acids is 1. The number of carbonyl (C=O) groups is 1. The molecule has 0 aromatic carbocycles. The van der Waals surface area contributed by atoms with Crippen molar-refractivity contribution in [3.05, 3.63) is 51.6 Å². The van der Waals surface area contributed by atoms with Crippen LogP contribution in [0.25, 0.3) is 0 Å². The van der Waals surface area contributed by atoms with Crippen LogP contribution >= 0.6 is 0 Å². The molecule has 1 saturated heterocycles. The summed E-state index contributed by atoms with van der Waals surface area (Å²) in [6.45, 7) is 4.33. The Bertz CT molecular complexity index is 787. The standard InChI is InChI=1S/C17H21N5O3/c1-12-17(22(24)25)13(2)21(19-12)11-8-16(23)20-10-5-7-15(20)14-6-3-4-9-18-14/h3-4,6,9,15H,5,7-8,10-11H2,1-2H3/t15-/m0/s1. The summed E-state index contributed by atoms with van der Waals surface area (Å²) < 4.78 is 1.55. The molecule has 0 saturated carbocycles. The second-order valence-electron chi connectivity index (χ2n) is 6.25. The first-order valence-electron chi connectivity index (χ1n) is 8.38. The van der Waals surface area contributed by atoms with E-state index in [9.17, 15) is 14.9 Å². The predicted molar refractivity (Wildman–Crippen MR) is 90.9 cm³/mol. The van der Waals surface area contributed by atoms with Crippen molar-refractivity contribution in [2.45, 2.75) is 45.7 Å². The molecule has 8 nitrogen and oxygen atoms in total. The molecule has 1 aliphatic heterocycles. The van der Waals surface area contributed by atoms with Crippen LogP contribution in [0.1, 0.15) is 42.4 Å². The molecule has 0 N–H and O–H groups in total. The maximum Gasteiger partial charge on any atom is 0.312 e. The van der Waals surface area contributed by atoms with Gasteiger partial charge in [0.05, 0.1) is 23.2 Å². The molecule has 132 valence electrons. The van der Waals surface area contributed by atoms with E-state index in [2.05, 4.69) is 10.1 Å². The summed E-state index contributed by atoms with van der Waals surface area (Å²) in [5.74, 6) is 0.0309. The number of rotatable bonds is 5. The van der Waals surface area contributed by atoms with Gasteiger partial charge in [-0.3, -0.25) is 24.6 Å². The highest BCUT2D eigenvalue weighted by molar-refractivity contribution is 5.77. The van der Waals surface area contributed by atoms with E-state index in [1.54, 1.807) is 24.7 Å². The maximum absolute atomic E-state index is 12.7. The Labute approximate surface area is 145 Å². The molecule has 25 heavy (non-hydrogen) atoms. The molecule has 2 aromatic heterocycles. The van der Waals surface area contributed by atoms with Crippen molar-refractivity contribution < 1.29 is 9.72 Å². The Hall–Kier alpha value is -2.77. The average Bonchev–Trinajstić information content (AvgIpc) is 3.18. The third-order valence-corrected chi connectivity index (χ3v) is 4.67. The van der Waals surface area contributed by atoms with Crippen LogP contribution in [-0.4, -0.2) is 37.0 Å². The summed E-state index contributed by atoms with van der Waals surface area (Å²) in [7, 11) is 0. The lowest BCUT2D eigenvalue weighted by atomic mass is 10.1. The zero-order valence-corrected chi connectivity index (χ0v) is 14.4. The molecular weight excluding hydrogens is 322 g/mol. The van der Waals surface area contributed by atoms with Crippen LogP contribution in [-0.2, 0) is 11.3 Å². The molecule has 1 atom stereocenters. The number of nitro groups is 1. The van der Waals surface area contributed by atoms with Crippen molar-refractivity contribution in [3.63, 3.8) is 0 Å². The Kier molecular flexibility index (Phi) is 4.78. The zero-order chi connectivity index (χ0) is 18.0. The van der Waals surface area contributed by atoms with Crippen molar-refractivity contribution >= 4 is 11.6 Å². The molecule has 8 heteroatoms. The minimum absolute atomic E-state index is 0.0171. The fraction of sp³-hybridized carbons (Fsp3) is 0.471. The summed E-state index contributed by atoms with van der Waals surface area (Å²) in [5, 5.41) is 15.3. The monoisotopic (exact) mass is 343 g/mol. The van der Waals surface area contributed by atoms with Gasteiger partial charge >= 0.3 is 5.69 Å². The highest BCUT2D eigenvalue weighted by Gasteiger charge is 2.31. The van der Waals surface area contributed by atoms with Crippen molar-refractivity contribution in [3.8, 4) is 0 Å². The summed E-state index contributed by atoms with van der Waals surface area (Å²) in [4.78, 5) is 29.5. The second kappa shape index (κ2) is 7.00. The first-order valence-corrected chi connectivity index (χ1v) is 8.38. The van der Waals surface area contributed by atoms with Crippen molar-refractivity contribution in [2.75, 3.05) is 6.54 Å². The van der Waals surface area contributed by atoms with Crippen LogP contribution < -0.4 is 0 Å². The summed E-state index contributed by atoms with van der Waals surface area (Å²) >= 11 is 0. The number of amides is 1. The average molecular weight is 343 g/mol. The molecule has 0 radical (unpaired) electrons. The van der Waals surface area contributed by atoms with Gasteiger partial charge in [-0.05, 0) is 38.8 Å². The molecule has 1 aliphatic rings. The van der Waals surface area contributed by atoms with E-state index in [0.717, 1.165) is 25.1 Å². The fourth-order valence-electron chi connectivity index (χ4n) is 3.46. The van der Waals surface area contributed by atoms with Crippen molar-refractivity contribution in [2.24, 2.45) is 0 Å². The number of aromatic nitrogens is 3. The van der Waals surface area contributed by atoms with Gasteiger partial charge in [-0.1, -0.05) is 6.07 Å². The van der Waals surface area contributed by atoms with E-state index in [4.69, 9.17) is 0 Å². The summed E-state index contributed by atoms with van der Waals surface area (Å²) in [6.07, 6.45) is 3.88. The summed E-state index contributed by atoms with van der Waals surface area (Å²) in [6, 6.07) is 5.75. The largest absolute Gasteiger partial charge is 0.334 e.